The number of hydrogen-bond donors (Lipinski definition) is 1. The highest BCUT2D eigenvalue weighted by atomic mass is 35.5. The summed E-state index contributed by atoms with van der Waals surface area (Å²) in [4.78, 5) is 24.9. The fraction of sp³-hybridized carbons (Fsp3) is 0.556. The normalized spacial score (nSPS) is 15.6. The third-order valence-corrected chi connectivity index (χ3v) is 6.89. The van der Waals surface area contributed by atoms with Gasteiger partial charge >= 0.3 is 0 Å². The molecule has 0 saturated carbocycles. The Hall–Kier alpha value is -1.64. The van der Waals surface area contributed by atoms with Crippen molar-refractivity contribution in [3.63, 3.8) is 0 Å². The third kappa shape index (κ3) is 6.19. The molecule has 2 rings (SSSR count). The van der Waals surface area contributed by atoms with Gasteiger partial charge in [-0.15, -0.1) is 0 Å². The Morgan fingerprint density at radius 1 is 1.07 bits per heavy atom. The molecule has 2 amide bonds. The van der Waals surface area contributed by atoms with Crippen molar-refractivity contribution in [2.75, 3.05) is 32.7 Å². The fourth-order valence-corrected chi connectivity index (χ4v) is 4.89. The number of hydrogen-bond acceptors (Lipinski definition) is 4. The average Bonchev–Trinajstić information content (AvgIpc) is 2.64. The molecule has 1 saturated heterocycles. The molecule has 0 aliphatic carbocycles. The van der Waals surface area contributed by atoms with E-state index < -0.39 is 10.0 Å². The maximum Gasteiger partial charge on any atom is 0.244 e. The highest BCUT2D eigenvalue weighted by Gasteiger charge is 2.31. The van der Waals surface area contributed by atoms with Crippen LogP contribution < -0.4 is 5.32 Å². The lowest BCUT2D eigenvalue weighted by molar-refractivity contribution is -0.132. The van der Waals surface area contributed by atoms with Gasteiger partial charge in [-0.1, -0.05) is 30.2 Å². The molecule has 1 aromatic rings. The average molecular weight is 416 g/mol. The van der Waals surface area contributed by atoms with Crippen LogP contribution in [-0.4, -0.2) is 62.2 Å². The monoisotopic (exact) mass is 415 g/mol. The van der Waals surface area contributed by atoms with Gasteiger partial charge in [-0.05, 0) is 25.0 Å². The smallest absolute Gasteiger partial charge is 0.244 e. The quantitative estimate of drug-likeness (QED) is 0.656. The molecule has 1 aliphatic rings. The van der Waals surface area contributed by atoms with Gasteiger partial charge in [0.15, 0.2) is 0 Å². The number of nitrogens with one attached hydrogen (secondary N) is 1. The maximum atomic E-state index is 12.7. The van der Waals surface area contributed by atoms with Crippen molar-refractivity contribution in [1.82, 2.24) is 14.5 Å². The Labute approximate surface area is 165 Å². The standard InChI is InChI=1S/C18H26ClN3O4S/c1-15(23)20-10-6-2-3-9-18(24)21-11-13-22(14-12-21)27(25,26)17-8-5-4-7-16(17)19/h4-5,7-8H,2-3,6,9-14H2,1H3,(H,20,23). The van der Waals surface area contributed by atoms with Gasteiger partial charge in [-0.25, -0.2) is 8.42 Å². The van der Waals surface area contributed by atoms with E-state index in [4.69, 9.17) is 11.6 Å². The van der Waals surface area contributed by atoms with Gasteiger partial charge < -0.3 is 10.2 Å². The van der Waals surface area contributed by atoms with Crippen LogP contribution in [0.2, 0.25) is 5.02 Å². The first-order valence-corrected chi connectivity index (χ1v) is 10.9. The molecule has 27 heavy (non-hydrogen) atoms. The van der Waals surface area contributed by atoms with E-state index in [9.17, 15) is 18.0 Å². The van der Waals surface area contributed by atoms with Gasteiger partial charge in [-0.3, -0.25) is 9.59 Å². The Kier molecular flexibility index (Phi) is 8.07. The summed E-state index contributed by atoms with van der Waals surface area (Å²) in [5, 5.41) is 2.93. The second-order valence-electron chi connectivity index (χ2n) is 6.51. The van der Waals surface area contributed by atoms with Crippen LogP contribution in [0.5, 0.6) is 0 Å². The summed E-state index contributed by atoms with van der Waals surface area (Å²) in [7, 11) is -3.65. The van der Waals surface area contributed by atoms with Crippen molar-refractivity contribution in [1.29, 1.82) is 0 Å². The first-order chi connectivity index (χ1) is 12.8. The van der Waals surface area contributed by atoms with E-state index in [0.717, 1.165) is 19.3 Å². The number of benzene rings is 1. The predicted octanol–water partition coefficient (Wildman–Crippen LogP) is 1.87. The fourth-order valence-electron chi connectivity index (χ4n) is 2.97. The van der Waals surface area contributed by atoms with Crippen LogP contribution in [0.15, 0.2) is 29.2 Å². The zero-order valence-electron chi connectivity index (χ0n) is 15.5. The summed E-state index contributed by atoms with van der Waals surface area (Å²) in [5.74, 6) is 0.00000779. The molecule has 1 aliphatic heterocycles. The number of sulfonamides is 1. The summed E-state index contributed by atoms with van der Waals surface area (Å²) in [6.45, 7) is 3.41. The van der Waals surface area contributed by atoms with Crippen molar-refractivity contribution >= 4 is 33.4 Å². The molecule has 0 unspecified atom stereocenters. The Morgan fingerprint density at radius 3 is 2.37 bits per heavy atom. The number of unbranched alkanes of at least 4 members (excludes halogenated alkanes) is 2. The minimum Gasteiger partial charge on any atom is -0.356 e. The molecule has 1 N–H and O–H groups in total. The van der Waals surface area contributed by atoms with Crippen LogP contribution in [0, 0.1) is 0 Å². The number of carbonyl (C=O) groups excluding carboxylic acids is 2. The molecular weight excluding hydrogens is 390 g/mol. The molecule has 1 fully saturated rings. The first kappa shape index (κ1) is 21.7. The second kappa shape index (κ2) is 10.1. The van der Waals surface area contributed by atoms with E-state index in [1.165, 1.54) is 17.3 Å². The number of piperazine rings is 1. The van der Waals surface area contributed by atoms with Gasteiger partial charge in [0.2, 0.25) is 21.8 Å². The molecule has 1 heterocycles. The Morgan fingerprint density at radius 2 is 1.74 bits per heavy atom. The lowest BCUT2D eigenvalue weighted by Crippen LogP contribution is -2.50. The minimum atomic E-state index is -3.65. The van der Waals surface area contributed by atoms with Crippen molar-refractivity contribution < 1.29 is 18.0 Å². The number of carbonyl (C=O) groups is 2. The molecule has 0 bridgehead atoms. The van der Waals surface area contributed by atoms with E-state index in [0.29, 0.717) is 26.1 Å². The summed E-state index contributed by atoms with van der Waals surface area (Å²) in [6, 6.07) is 6.38. The van der Waals surface area contributed by atoms with Gasteiger partial charge in [0.1, 0.15) is 4.90 Å². The number of amides is 2. The van der Waals surface area contributed by atoms with Crippen molar-refractivity contribution in [2.45, 2.75) is 37.5 Å². The molecule has 0 aromatic heterocycles. The highest BCUT2D eigenvalue weighted by Crippen LogP contribution is 2.25. The van der Waals surface area contributed by atoms with Crippen LogP contribution in [0.4, 0.5) is 0 Å². The number of halogens is 1. The molecule has 150 valence electrons. The van der Waals surface area contributed by atoms with Gasteiger partial charge in [-0.2, -0.15) is 4.31 Å². The largest absolute Gasteiger partial charge is 0.356 e. The van der Waals surface area contributed by atoms with Crippen LogP contribution in [0.3, 0.4) is 0 Å². The van der Waals surface area contributed by atoms with Crippen LogP contribution in [-0.2, 0) is 19.6 Å². The zero-order chi connectivity index (χ0) is 19.9. The second-order valence-corrected chi connectivity index (χ2v) is 8.82. The minimum absolute atomic E-state index is 0.0457. The topological polar surface area (TPSA) is 86.8 Å². The van der Waals surface area contributed by atoms with Crippen LogP contribution in [0.25, 0.3) is 0 Å². The summed E-state index contributed by atoms with van der Waals surface area (Å²) in [5.41, 5.74) is 0. The van der Waals surface area contributed by atoms with Crippen molar-refractivity contribution in [3.8, 4) is 0 Å². The molecule has 0 spiro atoms. The zero-order valence-corrected chi connectivity index (χ0v) is 17.1. The molecule has 0 atom stereocenters. The highest BCUT2D eigenvalue weighted by molar-refractivity contribution is 7.89. The van der Waals surface area contributed by atoms with Crippen LogP contribution in [0.1, 0.15) is 32.6 Å². The molecule has 0 radical (unpaired) electrons. The SMILES string of the molecule is CC(=O)NCCCCCC(=O)N1CCN(S(=O)(=O)c2ccccc2Cl)CC1. The maximum absolute atomic E-state index is 12.7. The Bertz CT molecular complexity index is 762. The molecule has 9 heteroatoms. The lowest BCUT2D eigenvalue weighted by atomic mass is 10.1. The Balaban J connectivity index is 1.77. The predicted molar refractivity (Wildman–Crippen MR) is 104 cm³/mol. The van der Waals surface area contributed by atoms with Gasteiger partial charge in [0.05, 0.1) is 5.02 Å². The molecule has 1 aromatic carbocycles. The summed E-state index contributed by atoms with van der Waals surface area (Å²) in [6.07, 6.45) is 2.91. The van der Waals surface area contributed by atoms with Gasteiger partial charge in [0.25, 0.3) is 0 Å². The summed E-state index contributed by atoms with van der Waals surface area (Å²) >= 11 is 6.02. The number of rotatable bonds is 8. The van der Waals surface area contributed by atoms with Gasteiger partial charge in [0, 0.05) is 46.1 Å². The van der Waals surface area contributed by atoms with Crippen molar-refractivity contribution in [3.05, 3.63) is 29.3 Å². The number of nitrogens with zero attached hydrogens (tertiary/aromatic N) is 2. The first-order valence-electron chi connectivity index (χ1n) is 9.09. The lowest BCUT2D eigenvalue weighted by Gasteiger charge is -2.34. The van der Waals surface area contributed by atoms with E-state index in [-0.39, 0.29) is 34.8 Å². The molecule has 7 nitrogen and oxygen atoms in total. The van der Waals surface area contributed by atoms with E-state index in [1.54, 1.807) is 23.1 Å². The van der Waals surface area contributed by atoms with E-state index in [1.807, 2.05) is 0 Å². The molecular formula is C18H26ClN3O4S. The summed E-state index contributed by atoms with van der Waals surface area (Å²) < 4.78 is 26.8. The van der Waals surface area contributed by atoms with E-state index in [2.05, 4.69) is 5.32 Å². The third-order valence-electron chi connectivity index (χ3n) is 4.49. The van der Waals surface area contributed by atoms with Crippen molar-refractivity contribution in [2.24, 2.45) is 0 Å². The van der Waals surface area contributed by atoms with E-state index >= 15 is 0 Å². The van der Waals surface area contributed by atoms with Crippen LogP contribution >= 0.6 is 11.6 Å².